The summed E-state index contributed by atoms with van der Waals surface area (Å²) in [6, 6.07) is 8.72. The first-order chi connectivity index (χ1) is 11.8. The van der Waals surface area contributed by atoms with E-state index in [0.29, 0.717) is 24.9 Å². The van der Waals surface area contributed by atoms with Crippen molar-refractivity contribution in [3.63, 3.8) is 0 Å². The van der Waals surface area contributed by atoms with Gasteiger partial charge in [-0.1, -0.05) is 30.3 Å². The Labute approximate surface area is 142 Å². The van der Waals surface area contributed by atoms with E-state index in [1.54, 1.807) is 30.3 Å². The maximum Gasteiger partial charge on any atom is 0.470 e. The molecule has 136 valence electrons. The van der Waals surface area contributed by atoms with Crippen molar-refractivity contribution < 1.29 is 26.0 Å². The topological polar surface area (TPSA) is 76.3 Å². The van der Waals surface area contributed by atoms with Gasteiger partial charge in [0.05, 0.1) is 11.7 Å². The third kappa shape index (κ3) is 4.18. The summed E-state index contributed by atoms with van der Waals surface area (Å²) in [6.07, 6.45) is -3.70. The van der Waals surface area contributed by atoms with E-state index in [-0.39, 0.29) is 18.2 Å². The van der Waals surface area contributed by atoms with Gasteiger partial charge >= 0.3 is 12.1 Å². The van der Waals surface area contributed by atoms with Gasteiger partial charge in [-0.2, -0.15) is 13.2 Å². The molecule has 0 spiro atoms. The van der Waals surface area contributed by atoms with E-state index < -0.39 is 28.0 Å². The fourth-order valence-electron chi connectivity index (χ4n) is 2.79. The van der Waals surface area contributed by atoms with Crippen LogP contribution in [0.3, 0.4) is 0 Å². The number of sulfonamides is 1. The summed E-state index contributed by atoms with van der Waals surface area (Å²) >= 11 is 0. The molecule has 1 unspecified atom stereocenters. The molecule has 1 aromatic heterocycles. The van der Waals surface area contributed by atoms with E-state index in [1.165, 1.54) is 4.31 Å². The van der Waals surface area contributed by atoms with Gasteiger partial charge in [0.25, 0.3) is 0 Å². The SMILES string of the molecule is O=S(=O)(Cc1ccccc1)N1CCCC(c2nnc(C(F)(F)F)o2)C1. The van der Waals surface area contributed by atoms with Crippen LogP contribution < -0.4 is 0 Å². The average molecular weight is 375 g/mol. The number of rotatable bonds is 4. The molecule has 0 aliphatic carbocycles. The van der Waals surface area contributed by atoms with Crippen molar-refractivity contribution in [2.45, 2.75) is 30.7 Å². The predicted octanol–water partition coefficient (Wildman–Crippen LogP) is 2.80. The minimum atomic E-state index is -4.71. The second-order valence-corrected chi connectivity index (χ2v) is 7.85. The number of nitrogens with zero attached hydrogens (tertiary/aromatic N) is 3. The maximum absolute atomic E-state index is 12.6. The van der Waals surface area contributed by atoms with Gasteiger partial charge in [0, 0.05) is 13.1 Å². The van der Waals surface area contributed by atoms with Crippen LogP contribution in [-0.2, 0) is 22.0 Å². The minimum absolute atomic E-state index is 0.0364. The molecule has 1 fully saturated rings. The van der Waals surface area contributed by atoms with E-state index in [9.17, 15) is 21.6 Å². The Morgan fingerprint density at radius 1 is 1.20 bits per heavy atom. The Balaban J connectivity index is 1.73. The van der Waals surface area contributed by atoms with Crippen LogP contribution in [0, 0.1) is 0 Å². The summed E-state index contributed by atoms with van der Waals surface area (Å²) < 4.78 is 68.9. The summed E-state index contributed by atoms with van der Waals surface area (Å²) in [5.74, 6) is -2.28. The van der Waals surface area contributed by atoms with Crippen molar-refractivity contribution in [3.05, 3.63) is 47.7 Å². The van der Waals surface area contributed by atoms with Gasteiger partial charge in [0.15, 0.2) is 0 Å². The lowest BCUT2D eigenvalue weighted by atomic mass is 10.00. The Morgan fingerprint density at radius 3 is 2.56 bits per heavy atom. The first kappa shape index (κ1) is 17.9. The van der Waals surface area contributed by atoms with Gasteiger partial charge < -0.3 is 4.42 Å². The lowest BCUT2D eigenvalue weighted by Gasteiger charge is -2.30. The lowest BCUT2D eigenvalue weighted by Crippen LogP contribution is -2.39. The van der Waals surface area contributed by atoms with E-state index in [2.05, 4.69) is 10.2 Å². The number of aromatic nitrogens is 2. The fourth-order valence-corrected chi connectivity index (χ4v) is 4.40. The van der Waals surface area contributed by atoms with Crippen LogP contribution in [0.4, 0.5) is 13.2 Å². The van der Waals surface area contributed by atoms with Crippen LogP contribution in [0.25, 0.3) is 0 Å². The molecule has 0 radical (unpaired) electrons. The van der Waals surface area contributed by atoms with Gasteiger partial charge in [0.1, 0.15) is 0 Å². The quantitative estimate of drug-likeness (QED) is 0.821. The van der Waals surface area contributed by atoms with Crippen molar-refractivity contribution in [2.75, 3.05) is 13.1 Å². The number of alkyl halides is 3. The Hall–Kier alpha value is -1.94. The van der Waals surface area contributed by atoms with Gasteiger partial charge in [-0.3, -0.25) is 0 Å². The Kier molecular flexibility index (Phi) is 4.83. The van der Waals surface area contributed by atoms with Crippen molar-refractivity contribution in [1.82, 2.24) is 14.5 Å². The van der Waals surface area contributed by atoms with Crippen LogP contribution in [0.5, 0.6) is 0 Å². The lowest BCUT2D eigenvalue weighted by molar-refractivity contribution is -0.157. The predicted molar refractivity (Wildman–Crippen MR) is 81.9 cm³/mol. The number of piperidine rings is 1. The van der Waals surface area contributed by atoms with Gasteiger partial charge in [-0.15, -0.1) is 10.2 Å². The molecule has 25 heavy (non-hydrogen) atoms. The van der Waals surface area contributed by atoms with Crippen LogP contribution in [-0.4, -0.2) is 36.0 Å². The van der Waals surface area contributed by atoms with Crippen molar-refractivity contribution in [1.29, 1.82) is 0 Å². The van der Waals surface area contributed by atoms with Crippen molar-refractivity contribution >= 4 is 10.0 Å². The molecule has 2 aromatic rings. The van der Waals surface area contributed by atoms with E-state index >= 15 is 0 Å². The minimum Gasteiger partial charge on any atom is -0.417 e. The first-order valence-corrected chi connectivity index (χ1v) is 9.29. The van der Waals surface area contributed by atoms with Gasteiger partial charge in [-0.25, -0.2) is 12.7 Å². The summed E-state index contributed by atoms with van der Waals surface area (Å²) in [5.41, 5.74) is 0.654. The van der Waals surface area contributed by atoms with E-state index in [1.807, 2.05) is 0 Å². The standard InChI is InChI=1S/C15H16F3N3O3S/c16-15(17,18)14-20-19-13(24-14)12-7-4-8-21(9-12)25(22,23)10-11-5-2-1-3-6-11/h1-3,5-6,12H,4,7-10H2. The smallest absolute Gasteiger partial charge is 0.417 e. The molecule has 10 heteroatoms. The van der Waals surface area contributed by atoms with Crippen molar-refractivity contribution in [2.24, 2.45) is 0 Å². The highest BCUT2D eigenvalue weighted by atomic mass is 32.2. The van der Waals surface area contributed by atoms with Crippen LogP contribution in [0.2, 0.25) is 0 Å². The number of benzene rings is 1. The molecule has 1 aromatic carbocycles. The second kappa shape index (κ2) is 6.75. The maximum atomic E-state index is 12.6. The highest BCUT2D eigenvalue weighted by molar-refractivity contribution is 7.88. The third-order valence-corrected chi connectivity index (χ3v) is 5.82. The molecule has 1 aliphatic heterocycles. The largest absolute Gasteiger partial charge is 0.470 e. The van der Waals surface area contributed by atoms with Crippen LogP contribution in [0.15, 0.2) is 34.7 Å². The Bertz CT molecular complexity index is 821. The highest BCUT2D eigenvalue weighted by Gasteiger charge is 2.40. The number of halogens is 3. The molecule has 2 heterocycles. The zero-order valence-corrected chi connectivity index (χ0v) is 13.9. The van der Waals surface area contributed by atoms with Crippen molar-refractivity contribution in [3.8, 4) is 0 Å². The average Bonchev–Trinajstić information content (AvgIpc) is 3.06. The second-order valence-electron chi connectivity index (χ2n) is 5.88. The molecule has 0 N–H and O–H groups in total. The molecular weight excluding hydrogens is 359 g/mol. The molecule has 0 amide bonds. The van der Waals surface area contributed by atoms with E-state index in [4.69, 9.17) is 4.42 Å². The molecule has 0 saturated carbocycles. The zero-order valence-electron chi connectivity index (χ0n) is 13.1. The molecule has 1 saturated heterocycles. The van der Waals surface area contributed by atoms with E-state index in [0.717, 1.165) is 0 Å². The van der Waals surface area contributed by atoms with Crippen LogP contribution in [0.1, 0.15) is 36.1 Å². The van der Waals surface area contributed by atoms with Crippen LogP contribution >= 0.6 is 0 Å². The summed E-state index contributed by atoms with van der Waals surface area (Å²) in [7, 11) is -3.58. The van der Waals surface area contributed by atoms with Gasteiger partial charge in [-0.05, 0) is 18.4 Å². The molecular formula is C15H16F3N3O3S. The normalized spacial score (nSPS) is 19.9. The fraction of sp³-hybridized carbons (Fsp3) is 0.467. The summed E-state index contributed by atoms with van der Waals surface area (Å²) in [5, 5.41) is 6.46. The number of hydrogen-bond donors (Lipinski definition) is 0. The Morgan fingerprint density at radius 2 is 1.92 bits per heavy atom. The first-order valence-electron chi connectivity index (χ1n) is 7.68. The summed E-state index contributed by atoms with van der Waals surface area (Å²) in [6.45, 7) is 0.362. The molecule has 3 rings (SSSR count). The third-order valence-electron chi connectivity index (χ3n) is 4.00. The molecule has 1 aliphatic rings. The molecule has 6 nitrogen and oxygen atoms in total. The highest BCUT2D eigenvalue weighted by Crippen LogP contribution is 2.32. The molecule has 1 atom stereocenters. The zero-order chi connectivity index (χ0) is 18.1. The summed E-state index contributed by atoms with van der Waals surface area (Å²) in [4.78, 5) is 0. The molecule has 0 bridgehead atoms. The monoisotopic (exact) mass is 375 g/mol. The number of hydrogen-bond acceptors (Lipinski definition) is 5. The van der Waals surface area contributed by atoms with Gasteiger partial charge in [0.2, 0.25) is 15.9 Å².